The van der Waals surface area contributed by atoms with Gasteiger partial charge in [0.25, 0.3) is 0 Å². The van der Waals surface area contributed by atoms with Gasteiger partial charge < -0.3 is 4.79 Å². The second kappa shape index (κ2) is 4.78. The molecule has 1 rings (SSSR count). The summed E-state index contributed by atoms with van der Waals surface area (Å²) >= 11 is 3.06. The van der Waals surface area contributed by atoms with Gasteiger partial charge in [-0.2, -0.15) is 5.11 Å². The van der Waals surface area contributed by atoms with Crippen molar-refractivity contribution >= 4 is 30.3 Å². The molecule has 0 fully saturated rings. The fourth-order valence-electron chi connectivity index (χ4n) is 1.67. The summed E-state index contributed by atoms with van der Waals surface area (Å²) in [7, 11) is -2.12. The molecule has 0 radical (unpaired) electrons. The molecular weight excluding hydrogens is 303 g/mol. The topological polar surface area (TPSA) is 53.3 Å². The number of rotatable bonds is 4. The van der Waals surface area contributed by atoms with Crippen LogP contribution in [0.1, 0.15) is 5.56 Å². The average molecular weight is 317 g/mol. The Balaban J connectivity index is 3.48. The quantitative estimate of drug-likeness (QED) is 0.511. The first-order valence-electron chi connectivity index (χ1n) is 5.09. The number of nitrogens with one attached hydrogen (secondary N) is 1. The molecule has 0 amide bonds. The molecule has 1 N–H and O–H groups in total. The lowest BCUT2D eigenvalue weighted by Gasteiger charge is -2.34. The van der Waals surface area contributed by atoms with Crippen molar-refractivity contribution in [2.75, 3.05) is 0 Å². The summed E-state index contributed by atoms with van der Waals surface area (Å²) in [5.74, 6) is -0.448. The Morgan fingerprint density at radius 1 is 1.47 bits per heavy atom. The fourth-order valence-corrected chi connectivity index (χ4v) is 3.63. The van der Waals surface area contributed by atoms with Crippen LogP contribution < -0.4 is 0 Å². The highest BCUT2D eigenvalue weighted by Gasteiger charge is 2.45. The van der Waals surface area contributed by atoms with E-state index in [2.05, 4.69) is 21.0 Å². The maximum absolute atomic E-state index is 13.5. The summed E-state index contributed by atoms with van der Waals surface area (Å²) in [5, 5.41) is 2.30. The van der Waals surface area contributed by atoms with Crippen molar-refractivity contribution in [3.63, 3.8) is 0 Å². The molecule has 0 bridgehead atoms. The van der Waals surface area contributed by atoms with E-state index in [0.29, 0.717) is 16.3 Å². The molecule has 1 unspecified atom stereocenters. The first kappa shape index (κ1) is 14.2. The number of carbonyl (C=O) groups excluding carboxylic acids is 1. The highest BCUT2D eigenvalue weighted by atomic mass is 79.9. The van der Waals surface area contributed by atoms with Crippen LogP contribution in [-0.4, -0.2) is 14.4 Å². The largest absolute Gasteiger partial charge is 0.301 e. The molecule has 17 heavy (non-hydrogen) atoms. The van der Waals surface area contributed by atoms with Gasteiger partial charge in [-0.25, -0.2) is 9.92 Å². The van der Waals surface area contributed by atoms with Crippen molar-refractivity contribution in [1.82, 2.24) is 0 Å². The monoisotopic (exact) mass is 316 g/mol. The molecule has 0 saturated carbocycles. The first-order valence-corrected chi connectivity index (χ1v) is 9.38. The Kier molecular flexibility index (Phi) is 3.98. The van der Waals surface area contributed by atoms with Crippen LogP contribution >= 0.6 is 15.9 Å². The molecule has 92 valence electrons. The minimum atomic E-state index is -2.12. The SMILES string of the molecule is C[Si](C)(C)C(C=O)(N=N)c1ccc(Br)c(F)c1. The van der Waals surface area contributed by atoms with Crippen LogP contribution in [0.15, 0.2) is 27.8 Å². The smallest absolute Gasteiger partial charge is 0.150 e. The van der Waals surface area contributed by atoms with E-state index in [-0.39, 0.29) is 0 Å². The molecule has 0 saturated heterocycles. The first-order chi connectivity index (χ1) is 7.78. The fraction of sp³-hybridized carbons (Fsp3) is 0.364. The molecule has 1 aromatic carbocycles. The number of carbonyl (C=O) groups is 1. The summed E-state index contributed by atoms with van der Waals surface area (Å²) in [6.07, 6.45) is 0.662. The second-order valence-corrected chi connectivity index (χ2v) is 11.0. The predicted octanol–water partition coefficient (Wildman–Crippen LogP) is 3.89. The number of nitrogens with zero attached hydrogens (tertiary/aromatic N) is 1. The third-order valence-corrected chi connectivity index (χ3v) is 6.30. The van der Waals surface area contributed by atoms with E-state index >= 15 is 0 Å². The van der Waals surface area contributed by atoms with Gasteiger partial charge in [0.1, 0.15) is 11.0 Å². The molecule has 0 heterocycles. The Labute approximate surface area is 109 Å². The molecule has 1 aromatic rings. The van der Waals surface area contributed by atoms with E-state index in [0.717, 1.165) is 0 Å². The Morgan fingerprint density at radius 2 is 2.06 bits per heavy atom. The van der Waals surface area contributed by atoms with Gasteiger partial charge in [-0.15, -0.1) is 0 Å². The van der Waals surface area contributed by atoms with Crippen LogP contribution in [0.5, 0.6) is 0 Å². The van der Waals surface area contributed by atoms with Crippen LogP contribution in [0.2, 0.25) is 19.6 Å². The second-order valence-electron chi connectivity index (χ2n) is 4.87. The normalized spacial score (nSPS) is 15.1. The van der Waals surface area contributed by atoms with Crippen LogP contribution in [0.25, 0.3) is 0 Å². The summed E-state index contributed by atoms with van der Waals surface area (Å²) < 4.78 is 13.9. The predicted molar refractivity (Wildman–Crippen MR) is 70.3 cm³/mol. The van der Waals surface area contributed by atoms with Crippen LogP contribution in [-0.2, 0) is 9.96 Å². The summed E-state index contributed by atoms with van der Waals surface area (Å²) in [6.45, 7) is 5.79. The Hall–Kier alpha value is -0.883. The van der Waals surface area contributed by atoms with Crippen molar-refractivity contribution in [2.45, 2.75) is 24.8 Å². The lowest BCUT2D eigenvalue weighted by atomic mass is 10.1. The van der Waals surface area contributed by atoms with Crippen molar-refractivity contribution in [2.24, 2.45) is 5.11 Å². The van der Waals surface area contributed by atoms with Gasteiger partial charge in [0.2, 0.25) is 0 Å². The molecule has 3 nitrogen and oxygen atoms in total. The zero-order chi connectivity index (χ0) is 13.3. The Morgan fingerprint density at radius 3 is 2.41 bits per heavy atom. The maximum Gasteiger partial charge on any atom is 0.150 e. The number of halogens is 2. The van der Waals surface area contributed by atoms with Crippen molar-refractivity contribution in [1.29, 1.82) is 5.53 Å². The van der Waals surface area contributed by atoms with Crippen LogP contribution in [0.3, 0.4) is 0 Å². The molecular formula is C11H14BrFN2OSi. The minimum absolute atomic E-state index is 0.335. The number of aldehydes is 1. The molecule has 0 spiro atoms. The van der Waals surface area contributed by atoms with Gasteiger partial charge >= 0.3 is 0 Å². The van der Waals surface area contributed by atoms with E-state index in [1.165, 1.54) is 12.1 Å². The summed E-state index contributed by atoms with van der Waals surface area (Å²) in [4.78, 5) is 11.4. The highest BCUT2D eigenvalue weighted by Crippen LogP contribution is 2.35. The Bertz CT molecular complexity index is 451. The number of hydrogen-bond donors (Lipinski definition) is 1. The standard InChI is InChI=1S/C11H14BrFN2OSi/c1-17(2,3)11(7-16,15-14)8-4-5-9(12)10(13)6-8/h4-7,14H,1-3H3. The average Bonchev–Trinajstić information content (AvgIpc) is 2.23. The number of hydrogen-bond acceptors (Lipinski definition) is 3. The van der Waals surface area contributed by atoms with Gasteiger partial charge in [-0.1, -0.05) is 25.7 Å². The lowest BCUT2D eigenvalue weighted by molar-refractivity contribution is -0.110. The summed E-state index contributed by atoms with van der Waals surface area (Å²) in [5.41, 5.74) is 7.77. The molecule has 0 aliphatic carbocycles. The summed E-state index contributed by atoms with van der Waals surface area (Å²) in [6, 6.07) is 4.45. The highest BCUT2D eigenvalue weighted by molar-refractivity contribution is 9.10. The molecule has 0 aliphatic rings. The van der Waals surface area contributed by atoms with E-state index in [4.69, 9.17) is 5.53 Å². The van der Waals surface area contributed by atoms with Gasteiger partial charge in [0, 0.05) is 0 Å². The molecule has 0 aromatic heterocycles. The zero-order valence-corrected chi connectivity index (χ0v) is 12.5. The van der Waals surface area contributed by atoms with Gasteiger partial charge in [0.05, 0.1) is 12.5 Å². The minimum Gasteiger partial charge on any atom is -0.301 e. The third kappa shape index (κ3) is 2.37. The van der Waals surface area contributed by atoms with Gasteiger partial charge in [-0.3, -0.25) is 0 Å². The van der Waals surface area contributed by atoms with E-state index in [1.54, 1.807) is 6.07 Å². The third-order valence-electron chi connectivity index (χ3n) is 2.85. The van der Waals surface area contributed by atoms with E-state index in [9.17, 15) is 9.18 Å². The number of benzene rings is 1. The van der Waals surface area contributed by atoms with Crippen LogP contribution in [0.4, 0.5) is 4.39 Å². The van der Waals surface area contributed by atoms with Crippen LogP contribution in [0, 0.1) is 11.3 Å². The van der Waals surface area contributed by atoms with Gasteiger partial charge in [-0.05, 0) is 33.6 Å². The van der Waals surface area contributed by atoms with Gasteiger partial charge in [0.15, 0.2) is 6.29 Å². The van der Waals surface area contributed by atoms with E-state index < -0.39 is 19.1 Å². The zero-order valence-electron chi connectivity index (χ0n) is 9.92. The molecule has 6 heteroatoms. The van der Waals surface area contributed by atoms with Crippen molar-refractivity contribution < 1.29 is 9.18 Å². The van der Waals surface area contributed by atoms with Crippen molar-refractivity contribution in [3.8, 4) is 0 Å². The molecule has 0 aliphatic heterocycles. The molecule has 1 atom stereocenters. The lowest BCUT2D eigenvalue weighted by Crippen LogP contribution is -2.49. The maximum atomic E-state index is 13.5. The van der Waals surface area contributed by atoms with Crippen molar-refractivity contribution in [3.05, 3.63) is 34.1 Å². The van der Waals surface area contributed by atoms with E-state index in [1.807, 2.05) is 19.6 Å².